The number of carbonyl (C=O) groups excluding carboxylic acids is 4. The number of rotatable bonds is 12. The van der Waals surface area contributed by atoms with E-state index >= 15 is 0 Å². The third kappa shape index (κ3) is 8.08. The molecule has 0 spiro atoms. The van der Waals surface area contributed by atoms with Gasteiger partial charge in [-0.15, -0.1) is 0 Å². The van der Waals surface area contributed by atoms with Gasteiger partial charge in [0.05, 0.1) is 16.1 Å². The molecule has 1 saturated carbocycles. The van der Waals surface area contributed by atoms with Crippen molar-refractivity contribution in [1.82, 2.24) is 25.4 Å². The van der Waals surface area contributed by atoms with Gasteiger partial charge in [0.2, 0.25) is 11.8 Å². The van der Waals surface area contributed by atoms with Crippen LogP contribution in [0, 0.1) is 22.2 Å². The summed E-state index contributed by atoms with van der Waals surface area (Å²) in [5, 5.41) is 26.0. The van der Waals surface area contributed by atoms with Crippen molar-refractivity contribution < 1.29 is 33.8 Å². The second kappa shape index (κ2) is 16.1. The van der Waals surface area contributed by atoms with Crippen molar-refractivity contribution in [2.24, 2.45) is 10.8 Å². The Hall–Kier alpha value is -5.03. The normalized spacial score (nSPS) is 24.2. The van der Waals surface area contributed by atoms with Gasteiger partial charge < -0.3 is 24.8 Å². The first kappa shape index (κ1) is 40.2. The minimum Gasteiger partial charge on any atom is -0.490 e. The SMILES string of the molecule is CC1(C)C(NC(=O)c2ccc(CCCCN3CCC(Oc4ccc5c(c4)C(O)N(C4CCC(=O)NC4=O)C5=O)CC3)nc2)C(C)(C)C1Oc1ccc(C#N)c(Cl)c1. The van der Waals surface area contributed by atoms with Crippen LogP contribution in [-0.2, 0) is 16.0 Å². The first-order valence-electron chi connectivity index (χ1n) is 19.7. The molecule has 3 N–H and O–H groups in total. The van der Waals surface area contributed by atoms with Crippen molar-refractivity contribution in [2.75, 3.05) is 19.6 Å². The summed E-state index contributed by atoms with van der Waals surface area (Å²) < 4.78 is 12.6. The summed E-state index contributed by atoms with van der Waals surface area (Å²) in [5.74, 6) is -0.403. The van der Waals surface area contributed by atoms with E-state index in [1.807, 2.05) is 12.1 Å². The molecule has 1 aromatic heterocycles. The molecule has 3 aliphatic heterocycles. The number of ether oxygens (including phenoxy) is 2. The number of nitriles is 1. The van der Waals surface area contributed by atoms with Gasteiger partial charge in [0.1, 0.15) is 35.8 Å². The second-order valence-electron chi connectivity index (χ2n) is 16.8. The number of likely N-dealkylation sites (tertiary alicyclic amines) is 1. The number of nitrogens with zero attached hydrogens (tertiary/aromatic N) is 4. The molecule has 4 heterocycles. The maximum Gasteiger partial charge on any atom is 0.257 e. The zero-order chi connectivity index (χ0) is 40.6. The maximum absolute atomic E-state index is 13.3. The number of aliphatic hydroxyl groups excluding tert-OH is 1. The zero-order valence-electron chi connectivity index (χ0n) is 32.7. The molecule has 2 unspecified atom stereocenters. The summed E-state index contributed by atoms with van der Waals surface area (Å²) >= 11 is 6.23. The van der Waals surface area contributed by atoms with E-state index in [9.17, 15) is 29.5 Å². The Morgan fingerprint density at radius 2 is 1.72 bits per heavy atom. The summed E-state index contributed by atoms with van der Waals surface area (Å²) in [7, 11) is 0. The van der Waals surface area contributed by atoms with Crippen LogP contribution in [0.25, 0.3) is 0 Å². The van der Waals surface area contributed by atoms with E-state index in [-0.39, 0.29) is 53.7 Å². The van der Waals surface area contributed by atoms with Gasteiger partial charge in [-0.3, -0.25) is 34.4 Å². The number of hydrogen-bond acceptors (Lipinski definition) is 10. The summed E-state index contributed by atoms with van der Waals surface area (Å²) in [4.78, 5) is 58.6. The Labute approximate surface area is 337 Å². The van der Waals surface area contributed by atoms with Crippen molar-refractivity contribution in [1.29, 1.82) is 5.26 Å². The van der Waals surface area contributed by atoms with Gasteiger partial charge in [0.25, 0.3) is 11.8 Å². The molecule has 2 saturated heterocycles. The lowest BCUT2D eigenvalue weighted by Crippen LogP contribution is -2.74. The highest BCUT2D eigenvalue weighted by Crippen LogP contribution is 2.55. The predicted molar refractivity (Wildman–Crippen MR) is 210 cm³/mol. The summed E-state index contributed by atoms with van der Waals surface area (Å²) in [6.07, 6.45) is 4.95. The molecule has 4 aliphatic rings. The fourth-order valence-electron chi connectivity index (χ4n) is 9.28. The number of pyridine rings is 1. The number of benzene rings is 2. The molecule has 57 heavy (non-hydrogen) atoms. The van der Waals surface area contributed by atoms with Gasteiger partial charge in [-0.25, -0.2) is 0 Å². The Bertz CT molecular complexity index is 2080. The summed E-state index contributed by atoms with van der Waals surface area (Å²) in [6, 6.07) is 14.9. The molecular formula is C43H49ClN6O7. The van der Waals surface area contributed by atoms with Crippen LogP contribution < -0.4 is 20.1 Å². The van der Waals surface area contributed by atoms with Crippen LogP contribution in [0.3, 0.4) is 0 Å². The van der Waals surface area contributed by atoms with Crippen LogP contribution in [0.1, 0.15) is 110 Å². The second-order valence-corrected chi connectivity index (χ2v) is 17.2. The highest BCUT2D eigenvalue weighted by molar-refractivity contribution is 6.31. The maximum atomic E-state index is 13.3. The Morgan fingerprint density at radius 1 is 1.00 bits per heavy atom. The van der Waals surface area contributed by atoms with Crippen molar-refractivity contribution in [3.63, 3.8) is 0 Å². The van der Waals surface area contributed by atoms with E-state index in [0.29, 0.717) is 38.8 Å². The molecular weight excluding hydrogens is 748 g/mol. The topological polar surface area (TPSA) is 174 Å². The standard InChI is InChI=1S/C43H49ClN6O7/c1-42(2)40(43(3,4)41(42)57-30-11-9-25(23-45)33(44)22-30)48-36(52)26-8-10-27(46-24-26)7-5-6-18-49-19-16-28(17-20-49)56-29-12-13-31-32(21-29)39(55)50(38(31)54)34-14-15-35(51)47-37(34)53/h8-13,21-22,24,28,34,39-41,55H,5-7,14-20H2,1-4H3,(H,48,52)(H,47,51,53). The molecule has 13 nitrogen and oxygen atoms in total. The molecule has 7 rings (SSSR count). The number of aliphatic hydroxyl groups is 1. The van der Waals surface area contributed by atoms with Crippen LogP contribution in [0.4, 0.5) is 0 Å². The van der Waals surface area contributed by atoms with Crippen LogP contribution in [0.15, 0.2) is 54.7 Å². The number of amides is 4. The van der Waals surface area contributed by atoms with Crippen molar-refractivity contribution >= 4 is 35.2 Å². The molecule has 2 aromatic carbocycles. The number of carbonyl (C=O) groups is 4. The molecule has 0 radical (unpaired) electrons. The van der Waals surface area contributed by atoms with Crippen LogP contribution >= 0.6 is 11.6 Å². The van der Waals surface area contributed by atoms with E-state index in [2.05, 4.69) is 54.3 Å². The molecule has 300 valence electrons. The van der Waals surface area contributed by atoms with E-state index in [4.69, 9.17) is 21.1 Å². The number of fused-ring (bicyclic) bond motifs is 1. The first-order chi connectivity index (χ1) is 27.2. The molecule has 0 bridgehead atoms. The summed E-state index contributed by atoms with van der Waals surface area (Å²) in [5.41, 5.74) is 1.85. The quantitative estimate of drug-likeness (QED) is 0.161. The third-order valence-electron chi connectivity index (χ3n) is 12.1. The van der Waals surface area contributed by atoms with Gasteiger partial charge >= 0.3 is 0 Å². The van der Waals surface area contributed by atoms with Crippen LogP contribution in [0.5, 0.6) is 11.5 Å². The van der Waals surface area contributed by atoms with Gasteiger partial charge in [-0.05, 0) is 87.5 Å². The number of aryl methyl sites for hydroxylation is 1. The van der Waals surface area contributed by atoms with Crippen molar-refractivity contribution in [2.45, 2.75) is 103 Å². The highest BCUT2D eigenvalue weighted by Gasteiger charge is 2.64. The van der Waals surface area contributed by atoms with Gasteiger partial charge in [0, 0.05) is 65.5 Å². The number of unbranched alkanes of at least 4 members (excludes halogenated alkanes) is 1. The number of piperidine rings is 2. The Balaban J connectivity index is 0.820. The Kier molecular flexibility index (Phi) is 11.3. The van der Waals surface area contributed by atoms with Gasteiger partial charge in [-0.2, -0.15) is 5.26 Å². The number of hydrogen-bond donors (Lipinski definition) is 3. The lowest BCUT2D eigenvalue weighted by molar-refractivity contribution is -0.164. The average Bonchev–Trinajstić information content (AvgIpc) is 3.43. The highest BCUT2D eigenvalue weighted by atomic mass is 35.5. The number of imide groups is 1. The fraction of sp³-hybridized carbons (Fsp3) is 0.488. The minimum atomic E-state index is -1.29. The van der Waals surface area contributed by atoms with Gasteiger partial charge in [0.15, 0.2) is 6.23 Å². The monoisotopic (exact) mass is 796 g/mol. The fourth-order valence-corrected chi connectivity index (χ4v) is 9.50. The zero-order valence-corrected chi connectivity index (χ0v) is 33.5. The average molecular weight is 797 g/mol. The largest absolute Gasteiger partial charge is 0.490 e. The molecule has 3 fully saturated rings. The Morgan fingerprint density at radius 3 is 2.39 bits per heavy atom. The summed E-state index contributed by atoms with van der Waals surface area (Å²) in [6.45, 7) is 11.1. The van der Waals surface area contributed by atoms with E-state index in [1.54, 1.807) is 42.6 Å². The molecule has 2 atom stereocenters. The van der Waals surface area contributed by atoms with E-state index < -0.39 is 24.1 Å². The van der Waals surface area contributed by atoms with Crippen molar-refractivity contribution in [3.05, 3.63) is 87.7 Å². The van der Waals surface area contributed by atoms with Crippen molar-refractivity contribution in [3.8, 4) is 17.6 Å². The van der Waals surface area contributed by atoms with Gasteiger partial charge in [-0.1, -0.05) is 39.3 Å². The van der Waals surface area contributed by atoms with Crippen LogP contribution in [-0.4, -0.2) is 87.4 Å². The third-order valence-corrected chi connectivity index (χ3v) is 12.4. The number of nitrogens with one attached hydrogen (secondary N) is 2. The molecule has 4 amide bonds. The first-order valence-corrected chi connectivity index (χ1v) is 20.0. The van der Waals surface area contributed by atoms with E-state index in [1.165, 1.54) is 0 Å². The minimum absolute atomic E-state index is 0.00409. The van der Waals surface area contributed by atoms with Crippen LogP contribution in [0.2, 0.25) is 5.02 Å². The number of aromatic nitrogens is 1. The smallest absolute Gasteiger partial charge is 0.257 e. The lowest BCUT2D eigenvalue weighted by Gasteiger charge is -2.63. The molecule has 14 heteroatoms. The lowest BCUT2D eigenvalue weighted by atomic mass is 9.49. The molecule has 3 aromatic rings. The molecule has 1 aliphatic carbocycles. The predicted octanol–water partition coefficient (Wildman–Crippen LogP) is 5.34. The van der Waals surface area contributed by atoms with E-state index in [0.717, 1.165) is 62.3 Å². The number of halogens is 1.